The number of alkyl halides is 1. The number of hydrogen-bond donors (Lipinski definition) is 1. The van der Waals surface area contributed by atoms with Gasteiger partial charge in [-0.3, -0.25) is 0 Å². The van der Waals surface area contributed by atoms with Gasteiger partial charge in [0.1, 0.15) is 11.4 Å². The molecule has 37 heavy (non-hydrogen) atoms. The Morgan fingerprint density at radius 2 is 1.70 bits per heavy atom. The average molecular weight is 557 g/mol. The van der Waals surface area contributed by atoms with Crippen molar-refractivity contribution in [3.63, 3.8) is 0 Å². The van der Waals surface area contributed by atoms with E-state index < -0.39 is 5.60 Å². The van der Waals surface area contributed by atoms with Crippen LogP contribution in [0.3, 0.4) is 0 Å². The van der Waals surface area contributed by atoms with E-state index in [0.717, 1.165) is 51.4 Å². The Kier molecular flexibility index (Phi) is 7.52. The molecule has 4 aromatic rings. The summed E-state index contributed by atoms with van der Waals surface area (Å²) in [5, 5.41) is 17.6. The standard InChI is InChI=1S/C33H34BrNO2/c1-35(2)19-18-33(36,30-15-9-13-23-10-7-8-14-28(23)30)32(24-11-5-4-6-12-24)29-21-26-20-27(34)17-16-25(26)22-31(29)37-3/h4-16,20-22,27,32,36H,17-19H2,1-3H3/t27?,32-,33-/m1/s1. The van der Waals surface area contributed by atoms with Crippen molar-refractivity contribution in [1.82, 2.24) is 4.90 Å². The average Bonchev–Trinajstić information content (AvgIpc) is 2.92. The van der Waals surface area contributed by atoms with Gasteiger partial charge in [-0.1, -0.05) is 101 Å². The third-order valence-corrected chi connectivity index (χ3v) is 8.11. The van der Waals surface area contributed by atoms with Gasteiger partial charge in [-0.15, -0.1) is 0 Å². The van der Waals surface area contributed by atoms with Crippen molar-refractivity contribution in [2.45, 2.75) is 29.2 Å². The van der Waals surface area contributed by atoms with Crippen LogP contribution >= 0.6 is 15.9 Å². The van der Waals surface area contributed by atoms with Crippen LogP contribution in [-0.4, -0.2) is 42.6 Å². The Morgan fingerprint density at radius 1 is 0.973 bits per heavy atom. The summed E-state index contributed by atoms with van der Waals surface area (Å²) in [6.45, 7) is 0.736. The van der Waals surface area contributed by atoms with Crippen molar-refractivity contribution in [2.24, 2.45) is 0 Å². The zero-order chi connectivity index (χ0) is 26.0. The molecule has 0 fully saturated rings. The zero-order valence-electron chi connectivity index (χ0n) is 21.7. The molecule has 0 bridgehead atoms. The highest BCUT2D eigenvalue weighted by Gasteiger charge is 2.42. The smallest absolute Gasteiger partial charge is 0.123 e. The molecule has 0 heterocycles. The quantitative estimate of drug-likeness (QED) is 0.289. The molecule has 1 aliphatic carbocycles. The van der Waals surface area contributed by atoms with Crippen LogP contribution in [0.1, 0.15) is 35.4 Å². The molecule has 0 aromatic heterocycles. The Labute approximate surface area is 227 Å². The van der Waals surface area contributed by atoms with Crippen LogP contribution in [0.2, 0.25) is 0 Å². The molecule has 0 saturated heterocycles. The summed E-state index contributed by atoms with van der Waals surface area (Å²) in [6, 6.07) is 29.3. The van der Waals surface area contributed by atoms with E-state index >= 15 is 0 Å². The van der Waals surface area contributed by atoms with Gasteiger partial charge in [0, 0.05) is 22.9 Å². The molecular formula is C33H34BrNO2. The van der Waals surface area contributed by atoms with Crippen LogP contribution in [0.15, 0.2) is 84.9 Å². The van der Waals surface area contributed by atoms with Crippen LogP contribution in [0.4, 0.5) is 0 Å². The van der Waals surface area contributed by atoms with Crippen molar-refractivity contribution in [2.75, 3.05) is 27.7 Å². The maximum absolute atomic E-state index is 13.1. The number of hydrogen-bond acceptors (Lipinski definition) is 3. The second-order valence-corrected chi connectivity index (χ2v) is 11.4. The fourth-order valence-electron chi connectivity index (χ4n) is 5.65. The van der Waals surface area contributed by atoms with Gasteiger partial charge in [0.15, 0.2) is 0 Å². The minimum Gasteiger partial charge on any atom is -0.496 e. The lowest BCUT2D eigenvalue weighted by atomic mass is 9.70. The lowest BCUT2D eigenvalue weighted by molar-refractivity contribution is 0.00528. The van der Waals surface area contributed by atoms with E-state index in [1.54, 1.807) is 7.11 Å². The molecular weight excluding hydrogens is 522 g/mol. The first-order valence-corrected chi connectivity index (χ1v) is 13.8. The summed E-state index contributed by atoms with van der Waals surface area (Å²) in [4.78, 5) is 2.43. The van der Waals surface area contributed by atoms with Crippen molar-refractivity contribution in [3.05, 3.63) is 112 Å². The SMILES string of the molecule is COc1cc2c(cc1[C@@H](c1ccccc1)[C@@](O)(CCN(C)C)c1cccc3ccccc13)=CC(Br)CC=2. The Bertz CT molecular complexity index is 1510. The maximum atomic E-state index is 13.1. The molecule has 1 unspecified atom stereocenters. The monoisotopic (exact) mass is 555 g/mol. The predicted molar refractivity (Wildman–Crippen MR) is 158 cm³/mol. The van der Waals surface area contributed by atoms with E-state index in [2.05, 4.69) is 126 Å². The molecule has 1 aliphatic rings. The molecule has 3 nitrogen and oxygen atoms in total. The van der Waals surface area contributed by atoms with Crippen LogP contribution in [0.25, 0.3) is 22.9 Å². The third-order valence-electron chi connectivity index (χ3n) is 7.48. The molecule has 5 rings (SSSR count). The Hall–Kier alpha value is -2.92. The number of rotatable bonds is 8. The number of aliphatic hydroxyl groups is 1. The van der Waals surface area contributed by atoms with E-state index in [-0.39, 0.29) is 5.92 Å². The van der Waals surface area contributed by atoms with Crippen molar-refractivity contribution in [3.8, 4) is 5.75 Å². The minimum absolute atomic E-state index is 0.294. The van der Waals surface area contributed by atoms with Crippen LogP contribution in [0, 0.1) is 0 Å². The summed E-state index contributed by atoms with van der Waals surface area (Å²) in [7, 11) is 5.84. The molecule has 0 amide bonds. The Morgan fingerprint density at radius 3 is 2.46 bits per heavy atom. The van der Waals surface area contributed by atoms with Crippen molar-refractivity contribution in [1.29, 1.82) is 0 Å². The summed E-state index contributed by atoms with van der Waals surface area (Å²) in [6.07, 6.45) is 6.02. The summed E-state index contributed by atoms with van der Waals surface area (Å²) < 4.78 is 6.02. The third kappa shape index (κ3) is 5.11. The molecule has 4 aromatic carbocycles. The highest BCUT2D eigenvalue weighted by molar-refractivity contribution is 9.09. The summed E-state index contributed by atoms with van der Waals surface area (Å²) in [5.41, 5.74) is 1.80. The molecule has 3 atom stereocenters. The highest BCUT2D eigenvalue weighted by Crippen LogP contribution is 2.48. The van der Waals surface area contributed by atoms with E-state index in [4.69, 9.17) is 4.74 Å². The molecule has 0 saturated carbocycles. The first-order chi connectivity index (χ1) is 17.9. The van der Waals surface area contributed by atoms with Crippen LogP contribution < -0.4 is 15.2 Å². The van der Waals surface area contributed by atoms with Gasteiger partial charge in [-0.05, 0) is 71.4 Å². The molecule has 190 valence electrons. The normalized spacial score (nSPS) is 17.4. The highest BCUT2D eigenvalue weighted by atomic mass is 79.9. The van der Waals surface area contributed by atoms with Gasteiger partial charge in [0.05, 0.1) is 7.11 Å². The van der Waals surface area contributed by atoms with E-state index in [0.29, 0.717) is 11.2 Å². The van der Waals surface area contributed by atoms with E-state index in [1.807, 2.05) is 6.07 Å². The van der Waals surface area contributed by atoms with Crippen molar-refractivity contribution >= 4 is 38.9 Å². The number of benzene rings is 4. The number of nitrogens with zero attached hydrogens (tertiary/aromatic N) is 1. The number of halogens is 1. The van der Waals surface area contributed by atoms with Gasteiger partial charge in [-0.25, -0.2) is 0 Å². The Balaban J connectivity index is 1.84. The van der Waals surface area contributed by atoms with Gasteiger partial charge in [-0.2, -0.15) is 0 Å². The van der Waals surface area contributed by atoms with E-state index in [9.17, 15) is 5.11 Å². The molecule has 0 radical (unpaired) electrons. The summed E-state index contributed by atoms with van der Waals surface area (Å²) >= 11 is 3.77. The topological polar surface area (TPSA) is 32.7 Å². The number of methoxy groups -OCH3 is 1. The van der Waals surface area contributed by atoms with Gasteiger partial charge in [0.25, 0.3) is 0 Å². The predicted octanol–water partition coefficient (Wildman–Crippen LogP) is 5.55. The fourth-order valence-corrected chi connectivity index (χ4v) is 6.12. The first kappa shape index (κ1) is 25.7. The van der Waals surface area contributed by atoms with Crippen LogP contribution in [-0.2, 0) is 5.60 Å². The molecule has 1 N–H and O–H groups in total. The fraction of sp³-hybridized carbons (Fsp3) is 0.273. The number of ether oxygens (including phenoxy) is 1. The lowest BCUT2D eigenvalue weighted by Gasteiger charge is -2.39. The lowest BCUT2D eigenvalue weighted by Crippen LogP contribution is -2.39. The summed E-state index contributed by atoms with van der Waals surface area (Å²) in [5.74, 6) is 0.456. The largest absolute Gasteiger partial charge is 0.496 e. The first-order valence-electron chi connectivity index (χ1n) is 12.8. The van der Waals surface area contributed by atoms with E-state index in [1.165, 1.54) is 5.22 Å². The van der Waals surface area contributed by atoms with Crippen LogP contribution in [0.5, 0.6) is 5.75 Å². The van der Waals surface area contributed by atoms with Gasteiger partial charge >= 0.3 is 0 Å². The van der Waals surface area contributed by atoms with Gasteiger partial charge in [0.2, 0.25) is 0 Å². The number of fused-ring (bicyclic) bond motifs is 2. The molecule has 0 spiro atoms. The second-order valence-electron chi connectivity index (χ2n) is 10.2. The second kappa shape index (κ2) is 10.8. The minimum atomic E-state index is -1.19. The molecule has 0 aliphatic heterocycles. The van der Waals surface area contributed by atoms with Gasteiger partial charge < -0.3 is 14.7 Å². The molecule has 4 heteroatoms. The zero-order valence-corrected chi connectivity index (χ0v) is 23.3. The maximum Gasteiger partial charge on any atom is 0.123 e. The van der Waals surface area contributed by atoms with Crippen molar-refractivity contribution < 1.29 is 9.84 Å².